The van der Waals surface area contributed by atoms with Gasteiger partial charge in [-0.05, 0) is 18.1 Å². The lowest BCUT2D eigenvalue weighted by Gasteiger charge is -2.13. The molecule has 1 rings (SSSR count). The molecule has 0 aliphatic rings. The molecule has 0 aliphatic heterocycles. The van der Waals surface area contributed by atoms with Gasteiger partial charge in [0.15, 0.2) is 5.96 Å². The summed E-state index contributed by atoms with van der Waals surface area (Å²) in [5, 5.41) is 5.61. The number of hydrogen-bond donors (Lipinski definition) is 2. The maximum atomic E-state index is 12.1. The summed E-state index contributed by atoms with van der Waals surface area (Å²) in [4.78, 5) is 3.89. The first kappa shape index (κ1) is 22.0. The average molecular weight is 445 g/mol. The van der Waals surface area contributed by atoms with Crippen LogP contribution in [0.25, 0.3) is 0 Å². The van der Waals surface area contributed by atoms with E-state index in [1.54, 1.807) is 0 Å². The van der Waals surface area contributed by atoms with Gasteiger partial charge in [-0.2, -0.15) is 13.2 Å². The summed E-state index contributed by atoms with van der Waals surface area (Å²) in [6.45, 7) is 3.47. The summed E-state index contributed by atoms with van der Waals surface area (Å²) in [5.41, 5.74) is 2.09. The molecule has 1 aromatic rings. The van der Waals surface area contributed by atoms with Crippen molar-refractivity contribution in [2.24, 2.45) is 4.99 Å². The Morgan fingerprint density at radius 2 is 1.74 bits per heavy atom. The summed E-state index contributed by atoms with van der Waals surface area (Å²) in [6.07, 6.45) is -5.05. The lowest BCUT2D eigenvalue weighted by atomic mass is 10.1. The minimum absolute atomic E-state index is 0. The molecule has 0 spiro atoms. The topological polar surface area (TPSA) is 45.6 Å². The molecule has 0 amide bonds. The third-order valence-corrected chi connectivity index (χ3v) is 2.88. The molecule has 23 heavy (non-hydrogen) atoms. The van der Waals surface area contributed by atoms with Crippen molar-refractivity contribution in [2.75, 3.05) is 20.2 Å². The summed E-state index contributed by atoms with van der Waals surface area (Å²) in [6, 6.07) is 7.83. The number of alkyl halides is 3. The standard InChI is InChI=1S/C15H22F3N3O.HI/c1-3-22-11-13-6-4-12(5-7-13)10-21-14(19-2)20-9-8-15(16,17)18;/h4-7H,3,8-11H2,1-2H3,(H2,19,20,21);1H. The van der Waals surface area contributed by atoms with Crippen molar-refractivity contribution in [1.82, 2.24) is 10.6 Å². The lowest BCUT2D eigenvalue weighted by Crippen LogP contribution is -2.38. The normalized spacial score (nSPS) is 11.8. The molecule has 0 saturated heterocycles. The highest BCUT2D eigenvalue weighted by molar-refractivity contribution is 14.0. The quantitative estimate of drug-likeness (QED) is 0.384. The number of nitrogens with zero attached hydrogens (tertiary/aromatic N) is 1. The first-order chi connectivity index (χ1) is 10.4. The van der Waals surface area contributed by atoms with Gasteiger partial charge in [-0.3, -0.25) is 4.99 Å². The Labute approximate surface area is 151 Å². The molecule has 0 unspecified atom stereocenters. The van der Waals surface area contributed by atoms with E-state index in [0.29, 0.717) is 25.7 Å². The van der Waals surface area contributed by atoms with Crippen LogP contribution in [0.4, 0.5) is 13.2 Å². The minimum Gasteiger partial charge on any atom is -0.377 e. The van der Waals surface area contributed by atoms with Crippen molar-refractivity contribution in [2.45, 2.75) is 32.7 Å². The number of aliphatic imine (C=N–C) groups is 1. The van der Waals surface area contributed by atoms with Gasteiger partial charge in [-0.25, -0.2) is 0 Å². The Balaban J connectivity index is 0.00000484. The highest BCUT2D eigenvalue weighted by atomic mass is 127. The van der Waals surface area contributed by atoms with Crippen molar-refractivity contribution in [3.63, 3.8) is 0 Å². The van der Waals surface area contributed by atoms with Gasteiger partial charge in [0.1, 0.15) is 0 Å². The molecule has 0 atom stereocenters. The number of nitrogens with one attached hydrogen (secondary N) is 2. The zero-order valence-corrected chi connectivity index (χ0v) is 15.6. The second-order valence-electron chi connectivity index (χ2n) is 4.67. The Bertz CT molecular complexity index is 464. The SMILES string of the molecule is CCOCc1ccc(CNC(=NC)NCCC(F)(F)F)cc1.I. The highest BCUT2D eigenvalue weighted by Gasteiger charge is 2.26. The Hall–Kier alpha value is -1.03. The van der Waals surface area contributed by atoms with E-state index in [-0.39, 0.29) is 30.5 Å². The van der Waals surface area contributed by atoms with E-state index in [1.807, 2.05) is 31.2 Å². The second kappa shape index (κ2) is 11.5. The summed E-state index contributed by atoms with van der Waals surface area (Å²) < 4.78 is 41.5. The molecule has 4 nitrogen and oxygen atoms in total. The van der Waals surface area contributed by atoms with E-state index in [4.69, 9.17) is 4.74 Å². The number of ether oxygens (including phenoxy) is 1. The van der Waals surface area contributed by atoms with E-state index < -0.39 is 12.6 Å². The molecule has 0 radical (unpaired) electrons. The number of benzene rings is 1. The van der Waals surface area contributed by atoms with E-state index in [1.165, 1.54) is 7.05 Å². The van der Waals surface area contributed by atoms with Crippen LogP contribution in [0.5, 0.6) is 0 Å². The molecule has 1 aromatic carbocycles. The largest absolute Gasteiger partial charge is 0.390 e. The van der Waals surface area contributed by atoms with Crippen LogP contribution in [0.15, 0.2) is 29.3 Å². The van der Waals surface area contributed by atoms with Gasteiger partial charge in [0, 0.05) is 26.7 Å². The van der Waals surface area contributed by atoms with Gasteiger partial charge in [0.25, 0.3) is 0 Å². The Morgan fingerprint density at radius 3 is 2.26 bits per heavy atom. The molecule has 2 N–H and O–H groups in total. The summed E-state index contributed by atoms with van der Waals surface area (Å²) >= 11 is 0. The molecule has 0 aliphatic carbocycles. The first-order valence-electron chi connectivity index (χ1n) is 7.11. The average Bonchev–Trinajstić information content (AvgIpc) is 2.48. The first-order valence-corrected chi connectivity index (χ1v) is 7.11. The molecular weight excluding hydrogens is 422 g/mol. The predicted molar refractivity (Wildman–Crippen MR) is 96.1 cm³/mol. The maximum absolute atomic E-state index is 12.1. The van der Waals surface area contributed by atoms with E-state index >= 15 is 0 Å². The fraction of sp³-hybridized carbons (Fsp3) is 0.533. The molecule has 0 fully saturated rings. The van der Waals surface area contributed by atoms with Gasteiger partial charge in [0.2, 0.25) is 0 Å². The van der Waals surface area contributed by atoms with Crippen LogP contribution in [-0.4, -0.2) is 32.3 Å². The maximum Gasteiger partial charge on any atom is 0.390 e. The lowest BCUT2D eigenvalue weighted by molar-refractivity contribution is -0.132. The summed E-state index contributed by atoms with van der Waals surface area (Å²) in [5.74, 6) is 0.350. The molecule has 0 aromatic heterocycles. The smallest absolute Gasteiger partial charge is 0.377 e. The molecule has 0 bridgehead atoms. The van der Waals surface area contributed by atoms with Crippen LogP contribution in [-0.2, 0) is 17.9 Å². The van der Waals surface area contributed by atoms with Crippen molar-refractivity contribution in [1.29, 1.82) is 0 Å². The minimum atomic E-state index is -4.16. The predicted octanol–water partition coefficient (Wildman–Crippen LogP) is 3.46. The van der Waals surface area contributed by atoms with Crippen molar-refractivity contribution in [3.8, 4) is 0 Å². The van der Waals surface area contributed by atoms with Crippen LogP contribution >= 0.6 is 24.0 Å². The van der Waals surface area contributed by atoms with E-state index in [9.17, 15) is 13.2 Å². The zero-order chi connectivity index (χ0) is 16.4. The zero-order valence-electron chi connectivity index (χ0n) is 13.2. The monoisotopic (exact) mass is 445 g/mol. The van der Waals surface area contributed by atoms with E-state index in [2.05, 4.69) is 15.6 Å². The van der Waals surface area contributed by atoms with Crippen molar-refractivity contribution >= 4 is 29.9 Å². The van der Waals surface area contributed by atoms with Crippen LogP contribution < -0.4 is 10.6 Å². The van der Waals surface area contributed by atoms with Crippen LogP contribution in [0.2, 0.25) is 0 Å². The van der Waals surface area contributed by atoms with Crippen molar-refractivity contribution < 1.29 is 17.9 Å². The summed E-state index contributed by atoms with van der Waals surface area (Å²) in [7, 11) is 1.52. The number of rotatable bonds is 7. The Kier molecular flexibility index (Phi) is 11.0. The van der Waals surface area contributed by atoms with Crippen LogP contribution in [0.3, 0.4) is 0 Å². The van der Waals surface area contributed by atoms with E-state index in [0.717, 1.165) is 11.1 Å². The van der Waals surface area contributed by atoms with Crippen molar-refractivity contribution in [3.05, 3.63) is 35.4 Å². The third-order valence-electron chi connectivity index (χ3n) is 2.88. The second-order valence-corrected chi connectivity index (χ2v) is 4.67. The third kappa shape index (κ3) is 10.4. The van der Waals surface area contributed by atoms with Gasteiger partial charge in [-0.1, -0.05) is 24.3 Å². The van der Waals surface area contributed by atoms with Crippen LogP contribution in [0.1, 0.15) is 24.5 Å². The number of guanidine groups is 1. The van der Waals surface area contributed by atoms with Gasteiger partial charge >= 0.3 is 6.18 Å². The van der Waals surface area contributed by atoms with Gasteiger partial charge < -0.3 is 15.4 Å². The molecule has 0 heterocycles. The van der Waals surface area contributed by atoms with Gasteiger partial charge in [0.05, 0.1) is 13.0 Å². The van der Waals surface area contributed by atoms with Gasteiger partial charge in [-0.15, -0.1) is 24.0 Å². The highest BCUT2D eigenvalue weighted by Crippen LogP contribution is 2.18. The molecule has 8 heteroatoms. The molecule has 132 valence electrons. The Morgan fingerprint density at radius 1 is 1.13 bits per heavy atom. The number of hydrogen-bond acceptors (Lipinski definition) is 2. The fourth-order valence-corrected chi connectivity index (χ4v) is 1.70. The fourth-order valence-electron chi connectivity index (χ4n) is 1.70. The van der Waals surface area contributed by atoms with Crippen LogP contribution in [0, 0.1) is 0 Å². The molecule has 0 saturated carbocycles. The number of halogens is 4. The molecular formula is C15H23F3IN3O.